The standard InChI is InChI=1S/C24H31N3O4/c1-16-10-9-12-18(14-16)21(22(29)26-19-13-8-7-11-17(19)2)27(6)20(28)15-25-23(30)31-24(3,4)5/h7-14,21H,15H2,1-6H3,(H,25,30)(H,26,29). The lowest BCUT2D eigenvalue weighted by molar-refractivity contribution is -0.136. The van der Waals surface area contributed by atoms with Crippen LogP contribution in [0.5, 0.6) is 0 Å². The third kappa shape index (κ3) is 7.13. The lowest BCUT2D eigenvalue weighted by Crippen LogP contribution is -2.44. The molecule has 0 aliphatic rings. The minimum absolute atomic E-state index is 0.286. The molecule has 2 rings (SSSR count). The van der Waals surface area contributed by atoms with Gasteiger partial charge in [0.2, 0.25) is 5.91 Å². The summed E-state index contributed by atoms with van der Waals surface area (Å²) < 4.78 is 5.17. The maximum atomic E-state index is 13.2. The molecule has 0 fully saturated rings. The number of ether oxygens (including phenoxy) is 1. The van der Waals surface area contributed by atoms with Gasteiger partial charge in [0.1, 0.15) is 18.2 Å². The Hall–Kier alpha value is -3.35. The first kappa shape index (κ1) is 23.9. The van der Waals surface area contributed by atoms with Crippen LogP contribution in [-0.4, -0.2) is 42.0 Å². The van der Waals surface area contributed by atoms with Crippen molar-refractivity contribution in [1.82, 2.24) is 10.2 Å². The number of carbonyl (C=O) groups excluding carboxylic acids is 3. The number of amides is 3. The van der Waals surface area contributed by atoms with Gasteiger partial charge in [0.15, 0.2) is 0 Å². The van der Waals surface area contributed by atoms with Crippen molar-refractivity contribution < 1.29 is 19.1 Å². The van der Waals surface area contributed by atoms with Gasteiger partial charge in [-0.3, -0.25) is 9.59 Å². The normalized spacial score (nSPS) is 11.9. The highest BCUT2D eigenvalue weighted by atomic mass is 16.6. The first-order valence-corrected chi connectivity index (χ1v) is 10.1. The molecule has 7 heteroatoms. The van der Waals surface area contributed by atoms with Crippen LogP contribution in [0.2, 0.25) is 0 Å². The molecule has 0 bridgehead atoms. The van der Waals surface area contributed by atoms with Crippen LogP contribution >= 0.6 is 0 Å². The van der Waals surface area contributed by atoms with Crippen LogP contribution in [-0.2, 0) is 14.3 Å². The van der Waals surface area contributed by atoms with Gasteiger partial charge < -0.3 is 20.3 Å². The Labute approximate surface area is 183 Å². The molecule has 7 nitrogen and oxygen atoms in total. The summed E-state index contributed by atoms with van der Waals surface area (Å²) in [6.45, 7) is 8.76. The van der Waals surface area contributed by atoms with Crippen molar-refractivity contribution in [2.45, 2.75) is 46.3 Å². The fourth-order valence-electron chi connectivity index (χ4n) is 3.04. The molecule has 0 saturated carbocycles. The second-order valence-electron chi connectivity index (χ2n) is 8.48. The number of nitrogens with one attached hydrogen (secondary N) is 2. The molecule has 3 amide bonds. The molecule has 166 valence electrons. The molecule has 2 N–H and O–H groups in total. The van der Waals surface area contributed by atoms with Gasteiger partial charge in [-0.1, -0.05) is 48.0 Å². The van der Waals surface area contributed by atoms with E-state index in [2.05, 4.69) is 10.6 Å². The van der Waals surface area contributed by atoms with Gasteiger partial charge in [-0.05, 0) is 51.8 Å². The number of hydrogen-bond acceptors (Lipinski definition) is 4. The Morgan fingerprint density at radius 1 is 1.03 bits per heavy atom. The van der Waals surface area contributed by atoms with Crippen LogP contribution in [0.25, 0.3) is 0 Å². The van der Waals surface area contributed by atoms with Crippen LogP contribution in [0.3, 0.4) is 0 Å². The Balaban J connectivity index is 2.21. The maximum Gasteiger partial charge on any atom is 0.408 e. The van der Waals surface area contributed by atoms with E-state index in [1.54, 1.807) is 33.9 Å². The van der Waals surface area contributed by atoms with E-state index in [1.165, 1.54) is 4.90 Å². The van der Waals surface area contributed by atoms with Crippen molar-refractivity contribution in [1.29, 1.82) is 0 Å². The summed E-state index contributed by atoms with van der Waals surface area (Å²) in [6, 6.07) is 14.0. The van der Waals surface area contributed by atoms with Gasteiger partial charge in [-0.15, -0.1) is 0 Å². The molecule has 0 saturated heterocycles. The first-order valence-electron chi connectivity index (χ1n) is 10.1. The average Bonchev–Trinajstić information content (AvgIpc) is 2.66. The van der Waals surface area contributed by atoms with E-state index in [9.17, 15) is 14.4 Å². The smallest absolute Gasteiger partial charge is 0.408 e. The number of benzene rings is 2. The molecule has 2 aromatic carbocycles. The Morgan fingerprint density at radius 2 is 1.71 bits per heavy atom. The van der Waals surface area contributed by atoms with E-state index in [0.717, 1.165) is 11.1 Å². The lowest BCUT2D eigenvalue weighted by atomic mass is 10.0. The predicted molar refractivity (Wildman–Crippen MR) is 121 cm³/mol. The first-order chi connectivity index (χ1) is 14.5. The van der Waals surface area contributed by atoms with Gasteiger partial charge >= 0.3 is 6.09 Å². The number of nitrogens with zero attached hydrogens (tertiary/aromatic N) is 1. The van der Waals surface area contributed by atoms with Crippen LogP contribution in [0.15, 0.2) is 48.5 Å². The second kappa shape index (κ2) is 10.1. The molecule has 1 unspecified atom stereocenters. The molecule has 0 aliphatic carbocycles. The molecule has 0 aromatic heterocycles. The molecular weight excluding hydrogens is 394 g/mol. The third-order valence-corrected chi connectivity index (χ3v) is 4.57. The number of para-hydroxylation sites is 1. The average molecular weight is 426 g/mol. The van der Waals surface area contributed by atoms with Crippen molar-refractivity contribution in [2.75, 3.05) is 18.9 Å². The molecule has 1 atom stereocenters. The second-order valence-corrected chi connectivity index (χ2v) is 8.48. The monoisotopic (exact) mass is 425 g/mol. The molecular formula is C24H31N3O4. The minimum atomic E-state index is -0.868. The summed E-state index contributed by atoms with van der Waals surface area (Å²) in [4.78, 5) is 39.3. The van der Waals surface area contributed by atoms with Crippen molar-refractivity contribution >= 4 is 23.6 Å². The van der Waals surface area contributed by atoms with Crippen LogP contribution < -0.4 is 10.6 Å². The topological polar surface area (TPSA) is 87.7 Å². The number of alkyl carbamates (subject to hydrolysis) is 1. The van der Waals surface area contributed by atoms with Crippen molar-refractivity contribution in [3.05, 3.63) is 65.2 Å². The molecule has 2 aromatic rings. The number of anilines is 1. The van der Waals surface area contributed by atoms with E-state index >= 15 is 0 Å². The largest absolute Gasteiger partial charge is 0.444 e. The number of carbonyl (C=O) groups is 3. The Morgan fingerprint density at radius 3 is 2.32 bits per heavy atom. The maximum absolute atomic E-state index is 13.2. The van der Waals surface area contributed by atoms with E-state index in [0.29, 0.717) is 11.3 Å². The molecule has 0 spiro atoms. The highest BCUT2D eigenvalue weighted by molar-refractivity contribution is 5.98. The van der Waals surface area contributed by atoms with Crippen molar-refractivity contribution in [3.63, 3.8) is 0 Å². The van der Waals surface area contributed by atoms with Crippen molar-refractivity contribution in [2.24, 2.45) is 0 Å². The van der Waals surface area contributed by atoms with E-state index < -0.39 is 23.6 Å². The molecule has 0 aliphatic heterocycles. The van der Waals surface area contributed by atoms with E-state index in [-0.39, 0.29) is 12.5 Å². The van der Waals surface area contributed by atoms with Gasteiger partial charge in [0, 0.05) is 12.7 Å². The highest BCUT2D eigenvalue weighted by Crippen LogP contribution is 2.24. The number of hydrogen-bond donors (Lipinski definition) is 2. The minimum Gasteiger partial charge on any atom is -0.444 e. The molecule has 0 radical (unpaired) electrons. The summed E-state index contributed by atoms with van der Waals surface area (Å²) in [6.07, 6.45) is -0.689. The zero-order chi connectivity index (χ0) is 23.2. The Bertz CT molecular complexity index is 950. The quantitative estimate of drug-likeness (QED) is 0.733. The van der Waals surface area contributed by atoms with Crippen LogP contribution in [0, 0.1) is 13.8 Å². The predicted octanol–water partition coefficient (Wildman–Crippen LogP) is 3.97. The van der Waals surface area contributed by atoms with Gasteiger partial charge in [0.05, 0.1) is 0 Å². The summed E-state index contributed by atoms with van der Waals surface area (Å²) in [7, 11) is 1.55. The molecule has 31 heavy (non-hydrogen) atoms. The fraction of sp³-hybridized carbons (Fsp3) is 0.375. The van der Waals surface area contributed by atoms with E-state index in [1.807, 2.05) is 56.3 Å². The lowest BCUT2D eigenvalue weighted by Gasteiger charge is -2.28. The van der Waals surface area contributed by atoms with Crippen LogP contribution in [0.1, 0.15) is 43.5 Å². The number of likely N-dealkylation sites (N-methyl/N-ethyl adjacent to an activating group) is 1. The molecule has 0 heterocycles. The number of rotatable bonds is 6. The zero-order valence-electron chi connectivity index (χ0n) is 19.0. The van der Waals surface area contributed by atoms with Gasteiger partial charge in [-0.2, -0.15) is 0 Å². The van der Waals surface area contributed by atoms with Gasteiger partial charge in [0.25, 0.3) is 5.91 Å². The van der Waals surface area contributed by atoms with E-state index in [4.69, 9.17) is 4.74 Å². The van der Waals surface area contributed by atoms with Crippen LogP contribution in [0.4, 0.5) is 10.5 Å². The summed E-state index contributed by atoms with van der Waals surface area (Å²) in [5.74, 6) is -0.759. The fourth-order valence-corrected chi connectivity index (χ4v) is 3.04. The summed E-state index contributed by atoms with van der Waals surface area (Å²) >= 11 is 0. The third-order valence-electron chi connectivity index (χ3n) is 4.57. The summed E-state index contributed by atoms with van der Waals surface area (Å²) in [5, 5.41) is 5.37. The van der Waals surface area contributed by atoms with Crippen molar-refractivity contribution in [3.8, 4) is 0 Å². The number of aryl methyl sites for hydroxylation is 2. The SMILES string of the molecule is Cc1cccc(C(C(=O)Nc2ccccc2C)N(C)C(=O)CNC(=O)OC(C)(C)C)c1. The summed E-state index contributed by atoms with van der Waals surface area (Å²) in [5.41, 5.74) is 2.58. The Kier molecular flexibility index (Phi) is 7.80. The van der Waals surface area contributed by atoms with Gasteiger partial charge in [-0.25, -0.2) is 4.79 Å². The highest BCUT2D eigenvalue weighted by Gasteiger charge is 2.29. The zero-order valence-corrected chi connectivity index (χ0v) is 19.0.